The number of carbonyl (C=O) groups excluding carboxylic acids is 1. The first kappa shape index (κ1) is 20.0. The second kappa shape index (κ2) is 7.88. The highest BCUT2D eigenvalue weighted by Gasteiger charge is 2.33. The third-order valence-electron chi connectivity index (χ3n) is 5.01. The molecule has 1 aliphatic heterocycles. The van der Waals surface area contributed by atoms with Crippen molar-refractivity contribution in [2.45, 2.75) is 50.5 Å². The number of aliphatic imine (C=N–C) groups is 1. The van der Waals surface area contributed by atoms with Crippen LogP contribution in [0.3, 0.4) is 0 Å². The molecule has 11 heteroatoms. The van der Waals surface area contributed by atoms with Gasteiger partial charge in [0, 0.05) is 18.3 Å². The van der Waals surface area contributed by atoms with Gasteiger partial charge in [-0.2, -0.15) is 23.4 Å². The fraction of sp³-hybridized carbons (Fsp3) is 0.421. The zero-order valence-corrected chi connectivity index (χ0v) is 15.9. The summed E-state index contributed by atoms with van der Waals surface area (Å²) in [6.45, 7) is 0.611. The Bertz CT molecular complexity index is 1010. The molecule has 1 atom stereocenters. The van der Waals surface area contributed by atoms with Crippen LogP contribution in [-0.4, -0.2) is 38.6 Å². The minimum absolute atomic E-state index is 0.0303. The Morgan fingerprint density at radius 1 is 1.30 bits per heavy atom. The highest BCUT2D eigenvalue weighted by Crippen LogP contribution is 2.32. The van der Waals surface area contributed by atoms with Crippen molar-refractivity contribution >= 4 is 17.8 Å². The number of nitrogens with one attached hydrogen (secondary N) is 1. The van der Waals surface area contributed by atoms with Crippen LogP contribution in [0.15, 0.2) is 34.5 Å². The molecule has 158 valence electrons. The van der Waals surface area contributed by atoms with Gasteiger partial charge in [-0.25, -0.2) is 0 Å². The average Bonchev–Trinajstić information content (AvgIpc) is 3.44. The van der Waals surface area contributed by atoms with Gasteiger partial charge in [-0.1, -0.05) is 0 Å². The van der Waals surface area contributed by atoms with Gasteiger partial charge in [0.05, 0.1) is 29.7 Å². The van der Waals surface area contributed by atoms with Crippen molar-refractivity contribution in [3.8, 4) is 11.3 Å². The lowest BCUT2D eigenvalue weighted by Gasteiger charge is -2.24. The Morgan fingerprint density at radius 3 is 2.80 bits per heavy atom. The van der Waals surface area contributed by atoms with Crippen LogP contribution >= 0.6 is 0 Å². The molecule has 1 saturated carbocycles. The lowest BCUT2D eigenvalue weighted by atomic mass is 10.0. The smallest absolute Gasteiger partial charge is 0.342 e. The molecule has 2 aromatic heterocycles. The van der Waals surface area contributed by atoms with Crippen molar-refractivity contribution in [3.63, 3.8) is 0 Å². The van der Waals surface area contributed by atoms with Gasteiger partial charge in [-0.15, -0.1) is 0 Å². The second-order valence-corrected chi connectivity index (χ2v) is 7.30. The van der Waals surface area contributed by atoms with Crippen LogP contribution in [-0.2, 0) is 17.5 Å². The summed E-state index contributed by atoms with van der Waals surface area (Å²) >= 11 is 0. The zero-order chi connectivity index (χ0) is 21.3. The predicted molar refractivity (Wildman–Crippen MR) is 104 cm³/mol. The van der Waals surface area contributed by atoms with Gasteiger partial charge in [0.2, 0.25) is 0 Å². The standard InChI is InChI=1S/C19H20F3N7O/c20-19(21,22)17-8-11(5-6-24-17)14-9-16-13(2-1-7-29(16)28-14)26-18(30)15(27-23)10-25-12-3-4-12/h5-6,8-10,12-13H,1-4,7,23H2,(H,26,30)/b25-10?,27-15+. The number of carbonyl (C=O) groups is 1. The second-order valence-electron chi connectivity index (χ2n) is 7.30. The fourth-order valence-corrected chi connectivity index (χ4v) is 3.30. The molecular formula is C19H20F3N7O. The van der Waals surface area contributed by atoms with Gasteiger partial charge >= 0.3 is 6.18 Å². The van der Waals surface area contributed by atoms with E-state index in [0.717, 1.165) is 31.5 Å². The number of hydrogen-bond acceptors (Lipinski definition) is 6. The molecule has 4 rings (SSSR count). The number of alkyl halides is 3. The predicted octanol–water partition coefficient (Wildman–Crippen LogP) is 2.46. The molecule has 0 bridgehead atoms. The van der Waals surface area contributed by atoms with E-state index >= 15 is 0 Å². The Kier molecular flexibility index (Phi) is 5.27. The Hall–Kier alpha value is -3.24. The van der Waals surface area contributed by atoms with Crippen molar-refractivity contribution in [2.75, 3.05) is 0 Å². The number of hydrogen-bond donors (Lipinski definition) is 2. The number of rotatable bonds is 5. The van der Waals surface area contributed by atoms with E-state index in [-0.39, 0.29) is 17.8 Å². The monoisotopic (exact) mass is 419 g/mol. The minimum Gasteiger partial charge on any atom is -0.342 e. The lowest BCUT2D eigenvalue weighted by molar-refractivity contribution is -0.141. The maximum absolute atomic E-state index is 13.0. The number of nitrogens with zero attached hydrogens (tertiary/aromatic N) is 5. The summed E-state index contributed by atoms with van der Waals surface area (Å²) in [6.07, 6.45) is 1.36. The maximum atomic E-state index is 13.0. The van der Waals surface area contributed by atoms with E-state index in [4.69, 9.17) is 5.84 Å². The Balaban J connectivity index is 1.55. The number of aryl methyl sites for hydroxylation is 1. The molecule has 8 nitrogen and oxygen atoms in total. The number of amides is 1. The molecule has 2 aliphatic rings. The molecule has 30 heavy (non-hydrogen) atoms. The van der Waals surface area contributed by atoms with Gasteiger partial charge < -0.3 is 11.2 Å². The van der Waals surface area contributed by atoms with E-state index in [1.165, 1.54) is 12.3 Å². The largest absolute Gasteiger partial charge is 0.433 e. The van der Waals surface area contributed by atoms with Crippen molar-refractivity contribution < 1.29 is 18.0 Å². The molecule has 1 unspecified atom stereocenters. The number of pyridine rings is 1. The van der Waals surface area contributed by atoms with E-state index in [0.29, 0.717) is 29.9 Å². The molecular weight excluding hydrogens is 399 g/mol. The summed E-state index contributed by atoms with van der Waals surface area (Å²) < 4.78 is 40.6. The topological polar surface area (TPSA) is 111 Å². The van der Waals surface area contributed by atoms with Crippen molar-refractivity contribution in [2.24, 2.45) is 15.9 Å². The molecule has 1 fully saturated rings. The number of aromatic nitrogens is 3. The molecule has 0 aromatic carbocycles. The first-order valence-electron chi connectivity index (χ1n) is 9.58. The molecule has 2 aromatic rings. The van der Waals surface area contributed by atoms with E-state index < -0.39 is 17.8 Å². The quantitative estimate of drug-likeness (QED) is 0.441. The van der Waals surface area contributed by atoms with E-state index in [1.807, 2.05) is 0 Å². The van der Waals surface area contributed by atoms with Gasteiger partial charge in [-0.3, -0.25) is 19.5 Å². The van der Waals surface area contributed by atoms with Gasteiger partial charge in [0.15, 0.2) is 5.71 Å². The average molecular weight is 419 g/mol. The molecule has 3 heterocycles. The number of fused-ring (bicyclic) bond motifs is 1. The third kappa shape index (κ3) is 4.34. The maximum Gasteiger partial charge on any atom is 0.433 e. The van der Waals surface area contributed by atoms with E-state index in [1.54, 1.807) is 10.7 Å². The highest BCUT2D eigenvalue weighted by molar-refractivity contribution is 6.60. The molecule has 0 radical (unpaired) electrons. The molecule has 0 saturated heterocycles. The van der Waals surface area contributed by atoms with E-state index in [2.05, 4.69) is 25.5 Å². The number of hydrazone groups is 1. The van der Waals surface area contributed by atoms with Gasteiger partial charge in [-0.05, 0) is 43.9 Å². The third-order valence-corrected chi connectivity index (χ3v) is 5.01. The van der Waals surface area contributed by atoms with E-state index in [9.17, 15) is 18.0 Å². The Morgan fingerprint density at radius 2 is 2.10 bits per heavy atom. The van der Waals surface area contributed by atoms with Crippen LogP contribution in [0.5, 0.6) is 0 Å². The minimum atomic E-state index is -4.54. The van der Waals surface area contributed by atoms with Crippen LogP contribution in [0.1, 0.15) is 43.1 Å². The van der Waals surface area contributed by atoms with Crippen LogP contribution < -0.4 is 11.2 Å². The molecule has 1 aliphatic carbocycles. The summed E-state index contributed by atoms with van der Waals surface area (Å²) in [7, 11) is 0. The first-order valence-corrected chi connectivity index (χ1v) is 9.58. The normalized spacial score (nSPS) is 19.7. The highest BCUT2D eigenvalue weighted by atomic mass is 19.4. The van der Waals surface area contributed by atoms with Crippen molar-refractivity contribution in [1.29, 1.82) is 0 Å². The van der Waals surface area contributed by atoms with Crippen molar-refractivity contribution in [3.05, 3.63) is 35.8 Å². The molecule has 3 N–H and O–H groups in total. The number of halogens is 3. The summed E-state index contributed by atoms with van der Waals surface area (Å²) in [5.41, 5.74) is 0.468. The summed E-state index contributed by atoms with van der Waals surface area (Å²) in [5, 5.41) is 10.8. The molecule has 0 spiro atoms. The fourth-order valence-electron chi connectivity index (χ4n) is 3.30. The number of nitrogens with two attached hydrogens (primary N) is 1. The van der Waals surface area contributed by atoms with Crippen molar-refractivity contribution in [1.82, 2.24) is 20.1 Å². The summed E-state index contributed by atoms with van der Waals surface area (Å²) in [5.74, 6) is 4.88. The van der Waals surface area contributed by atoms with Gasteiger partial charge in [0.25, 0.3) is 5.91 Å². The summed E-state index contributed by atoms with van der Waals surface area (Å²) in [6, 6.07) is 4.01. The first-order chi connectivity index (χ1) is 14.3. The zero-order valence-electron chi connectivity index (χ0n) is 15.9. The van der Waals surface area contributed by atoms with Crippen LogP contribution in [0.2, 0.25) is 0 Å². The summed E-state index contributed by atoms with van der Waals surface area (Å²) in [4.78, 5) is 20.1. The SMILES string of the molecule is N/N=C(\C=NC1CC1)C(=O)NC1CCCn2nc(-c3ccnc(C(F)(F)F)c3)cc21. The van der Waals surface area contributed by atoms with Crippen LogP contribution in [0, 0.1) is 0 Å². The molecule has 1 amide bonds. The van der Waals surface area contributed by atoms with Gasteiger partial charge in [0.1, 0.15) is 5.69 Å². The van der Waals surface area contributed by atoms with Crippen LogP contribution in [0.25, 0.3) is 11.3 Å². The Labute approximate surface area is 170 Å². The van der Waals surface area contributed by atoms with Crippen LogP contribution in [0.4, 0.5) is 13.2 Å². The lowest BCUT2D eigenvalue weighted by Crippen LogP contribution is -2.38.